The van der Waals surface area contributed by atoms with Crippen LogP contribution in [0.4, 0.5) is 4.39 Å². The zero-order valence-electron chi connectivity index (χ0n) is 14.8. The summed E-state index contributed by atoms with van der Waals surface area (Å²) in [5, 5.41) is 0.132. The molecule has 6 nitrogen and oxygen atoms in total. The van der Waals surface area contributed by atoms with Gasteiger partial charge < -0.3 is 13.9 Å². The van der Waals surface area contributed by atoms with E-state index in [9.17, 15) is 18.8 Å². The van der Waals surface area contributed by atoms with Crippen molar-refractivity contribution < 1.29 is 27.9 Å². The maximum absolute atomic E-state index is 13.2. The van der Waals surface area contributed by atoms with Gasteiger partial charge in [-0.25, -0.2) is 4.39 Å². The molecule has 0 atom stereocenters. The molecule has 2 aromatic carbocycles. The first-order valence-corrected chi connectivity index (χ1v) is 8.01. The summed E-state index contributed by atoms with van der Waals surface area (Å²) in [7, 11) is 0. The van der Waals surface area contributed by atoms with E-state index < -0.39 is 17.8 Å². The maximum Gasteiger partial charge on any atom is 0.308 e. The minimum Gasteiger partial charge on any atom is -0.456 e. The highest BCUT2D eigenvalue weighted by atomic mass is 19.1. The summed E-state index contributed by atoms with van der Waals surface area (Å²) in [4.78, 5) is 35.8. The molecule has 0 bridgehead atoms. The van der Waals surface area contributed by atoms with Crippen LogP contribution >= 0.6 is 0 Å². The lowest BCUT2D eigenvalue weighted by Crippen LogP contribution is -2.11. The number of hydrogen-bond acceptors (Lipinski definition) is 6. The molecule has 0 spiro atoms. The first kappa shape index (κ1) is 18.3. The number of rotatable bonds is 3. The van der Waals surface area contributed by atoms with Crippen molar-refractivity contribution in [2.75, 3.05) is 0 Å². The highest BCUT2D eigenvalue weighted by molar-refractivity contribution is 5.91. The Kier molecular flexibility index (Phi) is 4.77. The van der Waals surface area contributed by atoms with E-state index >= 15 is 0 Å². The predicted molar refractivity (Wildman–Crippen MR) is 95.2 cm³/mol. The summed E-state index contributed by atoms with van der Waals surface area (Å²) in [5.41, 5.74) is 0.347. The van der Waals surface area contributed by atoms with Gasteiger partial charge in [-0.15, -0.1) is 0 Å². The van der Waals surface area contributed by atoms with Gasteiger partial charge in [0.25, 0.3) is 0 Å². The number of hydrogen-bond donors (Lipinski definition) is 0. The van der Waals surface area contributed by atoms with Crippen LogP contribution in [0.3, 0.4) is 0 Å². The molecule has 0 aliphatic rings. The topological polar surface area (TPSA) is 82.8 Å². The third kappa shape index (κ3) is 3.57. The number of carbonyl (C=O) groups excluding carboxylic acids is 2. The molecule has 0 radical (unpaired) electrons. The van der Waals surface area contributed by atoms with Crippen molar-refractivity contribution >= 4 is 22.9 Å². The number of ether oxygens (including phenoxy) is 2. The summed E-state index contributed by atoms with van der Waals surface area (Å²) in [6.45, 7) is 3.94. The van der Waals surface area contributed by atoms with Crippen LogP contribution in [0.2, 0.25) is 0 Å². The smallest absolute Gasteiger partial charge is 0.308 e. The van der Waals surface area contributed by atoms with Gasteiger partial charge in [-0.2, -0.15) is 0 Å². The average molecular weight is 370 g/mol. The van der Waals surface area contributed by atoms with Crippen LogP contribution in [0, 0.1) is 12.7 Å². The molecule has 1 heterocycles. The molecule has 3 aromatic rings. The first-order chi connectivity index (χ1) is 12.8. The SMILES string of the molecule is CC(=O)Oc1ccc2c(=O)c(-c3ccc(F)cc3)c(C)oc2c1OC(C)=O. The molecule has 0 unspecified atom stereocenters. The van der Waals surface area contributed by atoms with Gasteiger partial charge in [0.2, 0.25) is 11.2 Å². The fourth-order valence-electron chi connectivity index (χ4n) is 2.75. The third-order valence-corrected chi connectivity index (χ3v) is 3.79. The molecule has 0 amide bonds. The molecule has 0 N–H and O–H groups in total. The number of fused-ring (bicyclic) bond motifs is 1. The summed E-state index contributed by atoms with van der Waals surface area (Å²) in [5.74, 6) is -1.66. The predicted octanol–water partition coefficient (Wildman–Crippen LogP) is 3.76. The summed E-state index contributed by atoms with van der Waals surface area (Å²) in [6, 6.07) is 8.20. The van der Waals surface area contributed by atoms with Crippen LogP contribution in [-0.4, -0.2) is 11.9 Å². The van der Waals surface area contributed by atoms with Crippen LogP contribution in [0.25, 0.3) is 22.1 Å². The average Bonchev–Trinajstić information content (AvgIpc) is 2.58. The largest absolute Gasteiger partial charge is 0.456 e. The van der Waals surface area contributed by atoms with Crippen LogP contribution in [0.5, 0.6) is 11.5 Å². The summed E-state index contributed by atoms with van der Waals surface area (Å²) >= 11 is 0. The number of esters is 2. The summed E-state index contributed by atoms with van der Waals surface area (Å²) < 4.78 is 29.1. The van der Waals surface area contributed by atoms with Gasteiger partial charge in [-0.05, 0) is 36.8 Å². The normalized spacial score (nSPS) is 10.7. The van der Waals surface area contributed by atoms with E-state index in [-0.39, 0.29) is 39.2 Å². The molecule has 0 aliphatic heterocycles. The number of benzene rings is 2. The van der Waals surface area contributed by atoms with Gasteiger partial charge >= 0.3 is 11.9 Å². The van der Waals surface area contributed by atoms with Crippen LogP contribution < -0.4 is 14.9 Å². The Hall–Kier alpha value is -3.48. The van der Waals surface area contributed by atoms with Crippen molar-refractivity contribution in [1.29, 1.82) is 0 Å². The Morgan fingerprint density at radius 2 is 1.59 bits per heavy atom. The second-order valence-electron chi connectivity index (χ2n) is 5.83. The lowest BCUT2D eigenvalue weighted by molar-refractivity contribution is -0.134. The van der Waals surface area contributed by atoms with E-state index in [2.05, 4.69) is 0 Å². The second kappa shape index (κ2) is 7.03. The standard InChI is InChI=1S/C20H15FO6/c1-10-17(13-4-6-14(21)7-5-13)18(24)15-8-9-16(26-11(2)22)20(19(15)25-10)27-12(3)23/h4-9H,1-3H3. The number of carbonyl (C=O) groups is 2. The van der Waals surface area contributed by atoms with Crippen molar-refractivity contribution in [3.8, 4) is 22.6 Å². The zero-order valence-corrected chi connectivity index (χ0v) is 14.8. The van der Waals surface area contributed by atoms with E-state index in [4.69, 9.17) is 13.9 Å². The van der Waals surface area contributed by atoms with Crippen molar-refractivity contribution in [2.45, 2.75) is 20.8 Å². The van der Waals surface area contributed by atoms with Crippen molar-refractivity contribution in [3.63, 3.8) is 0 Å². The van der Waals surface area contributed by atoms with Crippen LogP contribution in [0.15, 0.2) is 45.6 Å². The van der Waals surface area contributed by atoms with E-state index in [0.29, 0.717) is 5.56 Å². The van der Waals surface area contributed by atoms with Crippen LogP contribution in [-0.2, 0) is 9.59 Å². The van der Waals surface area contributed by atoms with Gasteiger partial charge in [0.15, 0.2) is 11.3 Å². The molecule has 0 saturated heterocycles. The van der Waals surface area contributed by atoms with Crippen molar-refractivity contribution in [3.05, 3.63) is 58.2 Å². The molecular formula is C20H15FO6. The first-order valence-electron chi connectivity index (χ1n) is 8.01. The maximum atomic E-state index is 13.2. The molecule has 0 fully saturated rings. The highest BCUT2D eigenvalue weighted by Gasteiger charge is 2.21. The Labute approximate surface area is 153 Å². The lowest BCUT2D eigenvalue weighted by Gasteiger charge is -2.13. The van der Waals surface area contributed by atoms with E-state index in [1.54, 1.807) is 6.92 Å². The van der Waals surface area contributed by atoms with Gasteiger partial charge in [0.1, 0.15) is 11.6 Å². The van der Waals surface area contributed by atoms with Gasteiger partial charge in [-0.3, -0.25) is 14.4 Å². The lowest BCUT2D eigenvalue weighted by atomic mass is 10.0. The van der Waals surface area contributed by atoms with Crippen LogP contribution in [0.1, 0.15) is 19.6 Å². The van der Waals surface area contributed by atoms with Gasteiger partial charge in [0, 0.05) is 13.8 Å². The van der Waals surface area contributed by atoms with E-state index in [1.165, 1.54) is 50.2 Å². The third-order valence-electron chi connectivity index (χ3n) is 3.79. The monoisotopic (exact) mass is 370 g/mol. The molecule has 0 saturated carbocycles. The number of aryl methyl sites for hydroxylation is 1. The Morgan fingerprint density at radius 3 is 2.19 bits per heavy atom. The Balaban J connectivity index is 2.31. The zero-order chi connectivity index (χ0) is 19.7. The Bertz CT molecular complexity index is 1110. The fourth-order valence-corrected chi connectivity index (χ4v) is 2.75. The molecule has 3 rings (SSSR count). The molecule has 27 heavy (non-hydrogen) atoms. The molecule has 7 heteroatoms. The van der Waals surface area contributed by atoms with Crippen molar-refractivity contribution in [2.24, 2.45) is 0 Å². The number of halogens is 1. The highest BCUT2D eigenvalue weighted by Crippen LogP contribution is 2.37. The quantitative estimate of drug-likeness (QED) is 0.516. The minimum atomic E-state index is -0.668. The molecule has 0 aliphatic carbocycles. The minimum absolute atomic E-state index is 0.0164. The van der Waals surface area contributed by atoms with E-state index in [1.807, 2.05) is 0 Å². The second-order valence-corrected chi connectivity index (χ2v) is 5.83. The Morgan fingerprint density at radius 1 is 0.963 bits per heavy atom. The van der Waals surface area contributed by atoms with Crippen molar-refractivity contribution in [1.82, 2.24) is 0 Å². The summed E-state index contributed by atoms with van der Waals surface area (Å²) in [6.07, 6.45) is 0. The molecule has 1 aromatic heterocycles. The molecular weight excluding hydrogens is 355 g/mol. The van der Waals surface area contributed by atoms with Gasteiger partial charge in [0.05, 0.1) is 10.9 Å². The fraction of sp³-hybridized carbons (Fsp3) is 0.150. The van der Waals surface area contributed by atoms with E-state index in [0.717, 1.165) is 0 Å². The molecule has 138 valence electrons. The van der Waals surface area contributed by atoms with Gasteiger partial charge in [-0.1, -0.05) is 12.1 Å².